The SMILES string of the molecule is C=CCN(Cc1ccccc1)[C@@H](C)C(=O)OC(C)C. The first-order valence-electron chi connectivity index (χ1n) is 6.64. The summed E-state index contributed by atoms with van der Waals surface area (Å²) >= 11 is 0. The number of carbonyl (C=O) groups excluding carboxylic acids is 1. The molecule has 0 spiro atoms. The molecule has 0 aromatic heterocycles. The van der Waals surface area contributed by atoms with E-state index in [1.807, 2.05) is 49.9 Å². The van der Waals surface area contributed by atoms with Gasteiger partial charge in [-0.1, -0.05) is 36.4 Å². The van der Waals surface area contributed by atoms with Gasteiger partial charge in [-0.3, -0.25) is 9.69 Å². The summed E-state index contributed by atoms with van der Waals surface area (Å²) in [7, 11) is 0. The fourth-order valence-corrected chi connectivity index (χ4v) is 1.82. The minimum atomic E-state index is -0.277. The molecular formula is C16H23NO2. The van der Waals surface area contributed by atoms with Gasteiger partial charge in [0.25, 0.3) is 0 Å². The van der Waals surface area contributed by atoms with Crippen molar-refractivity contribution in [2.75, 3.05) is 6.54 Å². The molecule has 0 amide bonds. The predicted octanol–water partition coefficient (Wildman–Crippen LogP) is 3.01. The Hall–Kier alpha value is -1.61. The molecule has 0 radical (unpaired) electrons. The van der Waals surface area contributed by atoms with Crippen LogP contribution in [0, 0.1) is 0 Å². The van der Waals surface area contributed by atoms with E-state index in [0.29, 0.717) is 13.1 Å². The van der Waals surface area contributed by atoms with E-state index in [1.165, 1.54) is 5.56 Å². The molecule has 0 saturated carbocycles. The lowest BCUT2D eigenvalue weighted by Crippen LogP contribution is -2.40. The first-order chi connectivity index (χ1) is 9.04. The Balaban J connectivity index is 2.71. The van der Waals surface area contributed by atoms with Gasteiger partial charge in [0, 0.05) is 13.1 Å². The maximum Gasteiger partial charge on any atom is 0.323 e. The first kappa shape index (κ1) is 15.4. The zero-order chi connectivity index (χ0) is 14.3. The van der Waals surface area contributed by atoms with Crippen LogP contribution in [0.4, 0.5) is 0 Å². The Morgan fingerprint density at radius 2 is 1.95 bits per heavy atom. The molecule has 1 rings (SSSR count). The normalized spacial score (nSPS) is 12.5. The van der Waals surface area contributed by atoms with Gasteiger partial charge in [-0.25, -0.2) is 0 Å². The van der Waals surface area contributed by atoms with Gasteiger partial charge in [0.05, 0.1) is 6.10 Å². The van der Waals surface area contributed by atoms with E-state index in [4.69, 9.17) is 4.74 Å². The quantitative estimate of drug-likeness (QED) is 0.558. The zero-order valence-electron chi connectivity index (χ0n) is 12.0. The Kier molecular flexibility index (Phi) is 6.30. The minimum absolute atomic E-state index is 0.0859. The second kappa shape index (κ2) is 7.74. The van der Waals surface area contributed by atoms with E-state index in [0.717, 1.165) is 0 Å². The molecule has 0 saturated heterocycles. The molecule has 19 heavy (non-hydrogen) atoms. The van der Waals surface area contributed by atoms with Gasteiger partial charge < -0.3 is 4.74 Å². The zero-order valence-corrected chi connectivity index (χ0v) is 12.0. The van der Waals surface area contributed by atoms with Gasteiger partial charge in [0.2, 0.25) is 0 Å². The van der Waals surface area contributed by atoms with Crippen LogP contribution in [-0.2, 0) is 16.1 Å². The number of carbonyl (C=O) groups is 1. The summed E-state index contributed by atoms with van der Waals surface area (Å²) in [5.41, 5.74) is 1.17. The molecule has 0 aliphatic heterocycles. The Bertz CT molecular complexity index is 400. The Morgan fingerprint density at radius 3 is 2.47 bits per heavy atom. The molecule has 1 aromatic carbocycles. The van der Waals surface area contributed by atoms with Crippen molar-refractivity contribution in [2.24, 2.45) is 0 Å². The number of nitrogens with zero attached hydrogens (tertiary/aromatic N) is 1. The molecule has 0 heterocycles. The maximum atomic E-state index is 12.0. The average Bonchev–Trinajstić information content (AvgIpc) is 2.38. The van der Waals surface area contributed by atoms with E-state index < -0.39 is 0 Å². The smallest absolute Gasteiger partial charge is 0.323 e. The van der Waals surface area contributed by atoms with Crippen molar-refractivity contribution in [1.82, 2.24) is 4.90 Å². The van der Waals surface area contributed by atoms with E-state index in [2.05, 4.69) is 18.7 Å². The molecule has 1 atom stereocenters. The molecule has 104 valence electrons. The van der Waals surface area contributed by atoms with Gasteiger partial charge in [-0.15, -0.1) is 6.58 Å². The summed E-state index contributed by atoms with van der Waals surface area (Å²) in [6, 6.07) is 9.81. The van der Waals surface area contributed by atoms with Crippen LogP contribution >= 0.6 is 0 Å². The highest BCUT2D eigenvalue weighted by Crippen LogP contribution is 2.10. The summed E-state index contributed by atoms with van der Waals surface area (Å²) in [5.74, 6) is -0.187. The number of hydrogen-bond donors (Lipinski definition) is 0. The van der Waals surface area contributed by atoms with Crippen molar-refractivity contribution >= 4 is 5.97 Å². The molecule has 0 bridgehead atoms. The fraction of sp³-hybridized carbons (Fsp3) is 0.438. The van der Waals surface area contributed by atoms with Crippen molar-refractivity contribution in [3.63, 3.8) is 0 Å². The van der Waals surface area contributed by atoms with Crippen LogP contribution < -0.4 is 0 Å². The van der Waals surface area contributed by atoms with Gasteiger partial charge in [0.1, 0.15) is 6.04 Å². The highest BCUT2D eigenvalue weighted by Gasteiger charge is 2.22. The van der Waals surface area contributed by atoms with Crippen LogP contribution in [0.15, 0.2) is 43.0 Å². The third-order valence-electron chi connectivity index (χ3n) is 2.83. The number of ether oxygens (including phenoxy) is 1. The Morgan fingerprint density at radius 1 is 1.32 bits per heavy atom. The van der Waals surface area contributed by atoms with Crippen molar-refractivity contribution in [3.8, 4) is 0 Å². The molecule has 1 aromatic rings. The number of hydrogen-bond acceptors (Lipinski definition) is 3. The summed E-state index contributed by atoms with van der Waals surface area (Å²) in [6.45, 7) is 10.7. The molecule has 0 N–H and O–H groups in total. The number of rotatable bonds is 7. The van der Waals surface area contributed by atoms with Gasteiger partial charge >= 0.3 is 5.97 Å². The van der Waals surface area contributed by atoms with Crippen LogP contribution in [-0.4, -0.2) is 29.6 Å². The highest BCUT2D eigenvalue weighted by molar-refractivity contribution is 5.75. The molecule has 0 aliphatic rings. The summed E-state index contributed by atoms with van der Waals surface area (Å²) in [4.78, 5) is 14.0. The molecule has 3 heteroatoms. The second-order valence-corrected chi connectivity index (χ2v) is 4.87. The monoisotopic (exact) mass is 261 g/mol. The topological polar surface area (TPSA) is 29.5 Å². The molecular weight excluding hydrogens is 238 g/mol. The van der Waals surface area contributed by atoms with Crippen molar-refractivity contribution < 1.29 is 9.53 Å². The minimum Gasteiger partial charge on any atom is -0.462 e. The molecule has 0 fully saturated rings. The van der Waals surface area contributed by atoms with Crippen molar-refractivity contribution in [1.29, 1.82) is 0 Å². The molecule has 0 aliphatic carbocycles. The van der Waals surface area contributed by atoms with Crippen LogP contribution in [0.3, 0.4) is 0 Å². The van der Waals surface area contributed by atoms with Crippen LogP contribution in [0.2, 0.25) is 0 Å². The van der Waals surface area contributed by atoms with Crippen LogP contribution in [0.25, 0.3) is 0 Å². The van der Waals surface area contributed by atoms with E-state index in [-0.39, 0.29) is 18.1 Å². The molecule has 0 unspecified atom stereocenters. The second-order valence-electron chi connectivity index (χ2n) is 4.87. The van der Waals surface area contributed by atoms with Gasteiger partial charge in [-0.2, -0.15) is 0 Å². The molecule has 3 nitrogen and oxygen atoms in total. The Labute approximate surface area is 115 Å². The third kappa shape index (κ3) is 5.26. The lowest BCUT2D eigenvalue weighted by molar-refractivity contribution is -0.153. The average molecular weight is 261 g/mol. The lowest BCUT2D eigenvalue weighted by atomic mass is 10.2. The van der Waals surface area contributed by atoms with E-state index >= 15 is 0 Å². The number of benzene rings is 1. The lowest BCUT2D eigenvalue weighted by Gasteiger charge is -2.27. The number of esters is 1. The summed E-state index contributed by atoms with van der Waals surface area (Å²) in [5, 5.41) is 0. The van der Waals surface area contributed by atoms with Crippen molar-refractivity contribution in [2.45, 2.75) is 39.5 Å². The summed E-state index contributed by atoms with van der Waals surface area (Å²) in [6.07, 6.45) is 1.72. The third-order valence-corrected chi connectivity index (χ3v) is 2.83. The predicted molar refractivity (Wildman–Crippen MR) is 77.7 cm³/mol. The first-order valence-corrected chi connectivity index (χ1v) is 6.64. The standard InChI is InChI=1S/C16H23NO2/c1-5-11-17(12-15-9-7-6-8-10-15)14(4)16(18)19-13(2)3/h5-10,13-14H,1,11-12H2,2-4H3/t14-/m0/s1. The largest absolute Gasteiger partial charge is 0.462 e. The van der Waals surface area contributed by atoms with Gasteiger partial charge in [0.15, 0.2) is 0 Å². The van der Waals surface area contributed by atoms with E-state index in [9.17, 15) is 4.79 Å². The fourth-order valence-electron chi connectivity index (χ4n) is 1.82. The van der Waals surface area contributed by atoms with Crippen molar-refractivity contribution in [3.05, 3.63) is 48.6 Å². The van der Waals surface area contributed by atoms with Gasteiger partial charge in [-0.05, 0) is 26.3 Å². The van der Waals surface area contributed by atoms with E-state index in [1.54, 1.807) is 0 Å². The van der Waals surface area contributed by atoms with Crippen LogP contribution in [0.5, 0.6) is 0 Å². The summed E-state index contributed by atoms with van der Waals surface area (Å²) < 4.78 is 5.26. The highest BCUT2D eigenvalue weighted by atomic mass is 16.5. The van der Waals surface area contributed by atoms with Crippen LogP contribution in [0.1, 0.15) is 26.3 Å². The maximum absolute atomic E-state index is 12.0.